The zero-order valence-electron chi connectivity index (χ0n) is 10.6. The van der Waals surface area contributed by atoms with E-state index in [4.69, 9.17) is 5.73 Å². The molecule has 1 amide bonds. The number of hydrogen-bond acceptors (Lipinski definition) is 3. The highest BCUT2D eigenvalue weighted by molar-refractivity contribution is 8.01. The van der Waals surface area contributed by atoms with E-state index < -0.39 is 0 Å². The molecule has 0 atom stereocenters. The van der Waals surface area contributed by atoms with Crippen molar-refractivity contribution in [2.75, 3.05) is 11.1 Å². The first-order valence-electron chi connectivity index (χ1n) is 5.64. The lowest BCUT2D eigenvalue weighted by molar-refractivity contribution is -0.113. The lowest BCUT2D eigenvalue weighted by Crippen LogP contribution is -2.19. The fourth-order valence-corrected chi connectivity index (χ4v) is 1.92. The summed E-state index contributed by atoms with van der Waals surface area (Å²) >= 11 is 1.63. The first-order valence-corrected chi connectivity index (χ1v) is 6.63. The molecule has 0 aliphatic rings. The molecule has 3 nitrogen and oxygen atoms in total. The molecule has 0 saturated carbocycles. The Morgan fingerprint density at radius 3 is 2.59 bits per heavy atom. The van der Waals surface area contributed by atoms with Crippen molar-refractivity contribution >= 4 is 23.4 Å². The van der Waals surface area contributed by atoms with Crippen molar-refractivity contribution < 1.29 is 4.79 Å². The molecule has 0 radical (unpaired) electrons. The van der Waals surface area contributed by atoms with Gasteiger partial charge in [0.2, 0.25) is 5.91 Å². The van der Waals surface area contributed by atoms with Crippen molar-refractivity contribution in [2.45, 2.75) is 32.1 Å². The van der Waals surface area contributed by atoms with Gasteiger partial charge in [-0.1, -0.05) is 39.0 Å². The molecule has 0 aliphatic heterocycles. The zero-order valence-corrected chi connectivity index (χ0v) is 11.4. The lowest BCUT2D eigenvalue weighted by Gasteiger charge is -2.17. The minimum atomic E-state index is 0.0193. The normalized spacial score (nSPS) is 11.3. The summed E-state index contributed by atoms with van der Waals surface area (Å²) < 4.78 is 0.102. The monoisotopic (exact) mass is 252 g/mol. The largest absolute Gasteiger partial charge is 0.326 e. The first-order chi connectivity index (χ1) is 7.92. The van der Waals surface area contributed by atoms with Gasteiger partial charge in [-0.05, 0) is 11.6 Å². The number of nitrogens with one attached hydrogen (secondary N) is 1. The Morgan fingerprint density at radius 2 is 2.00 bits per heavy atom. The minimum absolute atomic E-state index is 0.0193. The van der Waals surface area contributed by atoms with Crippen molar-refractivity contribution in [1.82, 2.24) is 0 Å². The Kier molecular flexibility index (Phi) is 5.02. The van der Waals surface area contributed by atoms with Crippen molar-refractivity contribution in [3.63, 3.8) is 0 Å². The van der Waals surface area contributed by atoms with E-state index in [2.05, 4.69) is 26.1 Å². The SMILES string of the molecule is CC(C)(C)SCC(=O)Nc1ccccc1CN. The summed E-state index contributed by atoms with van der Waals surface area (Å²) in [5, 5.41) is 2.89. The molecule has 0 saturated heterocycles. The van der Waals surface area contributed by atoms with Crippen LogP contribution < -0.4 is 11.1 Å². The predicted molar refractivity (Wildman–Crippen MR) is 75.2 cm³/mol. The van der Waals surface area contributed by atoms with Gasteiger partial charge >= 0.3 is 0 Å². The van der Waals surface area contributed by atoms with Crippen LogP contribution in [-0.2, 0) is 11.3 Å². The average Bonchev–Trinajstić information content (AvgIpc) is 2.26. The number of benzene rings is 1. The van der Waals surface area contributed by atoms with Gasteiger partial charge in [0.05, 0.1) is 5.75 Å². The zero-order chi connectivity index (χ0) is 12.9. The Hall–Kier alpha value is -1.00. The van der Waals surface area contributed by atoms with Gasteiger partial charge in [-0.25, -0.2) is 0 Å². The van der Waals surface area contributed by atoms with E-state index in [9.17, 15) is 4.79 Å². The fourth-order valence-electron chi connectivity index (χ4n) is 1.29. The van der Waals surface area contributed by atoms with Crippen LogP contribution in [0.15, 0.2) is 24.3 Å². The molecule has 1 aromatic rings. The van der Waals surface area contributed by atoms with E-state index in [-0.39, 0.29) is 10.7 Å². The molecule has 4 heteroatoms. The number of para-hydroxylation sites is 1. The molecule has 0 fully saturated rings. The van der Waals surface area contributed by atoms with Crippen LogP contribution in [0, 0.1) is 0 Å². The van der Waals surface area contributed by atoms with Crippen LogP contribution in [0.4, 0.5) is 5.69 Å². The van der Waals surface area contributed by atoms with Gasteiger partial charge in [0.15, 0.2) is 0 Å². The van der Waals surface area contributed by atoms with Gasteiger partial charge in [0, 0.05) is 17.0 Å². The Labute approximate surface area is 107 Å². The van der Waals surface area contributed by atoms with Crippen LogP contribution in [0.3, 0.4) is 0 Å². The summed E-state index contributed by atoms with van der Waals surface area (Å²) in [7, 11) is 0. The molecule has 0 aliphatic carbocycles. The van der Waals surface area contributed by atoms with Crippen LogP contribution in [0.25, 0.3) is 0 Å². The molecule has 0 bridgehead atoms. The van der Waals surface area contributed by atoms with E-state index in [1.807, 2.05) is 24.3 Å². The van der Waals surface area contributed by atoms with Crippen molar-refractivity contribution in [3.8, 4) is 0 Å². The molecular weight excluding hydrogens is 232 g/mol. The highest BCUT2D eigenvalue weighted by Crippen LogP contribution is 2.23. The number of carbonyl (C=O) groups excluding carboxylic acids is 1. The molecule has 3 N–H and O–H groups in total. The van der Waals surface area contributed by atoms with E-state index in [0.29, 0.717) is 12.3 Å². The maximum atomic E-state index is 11.8. The van der Waals surface area contributed by atoms with Crippen LogP contribution in [-0.4, -0.2) is 16.4 Å². The molecule has 0 heterocycles. The van der Waals surface area contributed by atoms with Crippen molar-refractivity contribution in [2.24, 2.45) is 5.73 Å². The number of rotatable bonds is 4. The van der Waals surface area contributed by atoms with Crippen LogP contribution in [0.1, 0.15) is 26.3 Å². The molecule has 94 valence electrons. The summed E-state index contributed by atoms with van der Waals surface area (Å²) in [5.74, 6) is 0.480. The third-order valence-electron chi connectivity index (χ3n) is 2.15. The maximum Gasteiger partial charge on any atom is 0.234 e. The first kappa shape index (κ1) is 14.1. The molecular formula is C13H20N2OS. The summed E-state index contributed by atoms with van der Waals surface area (Å²) in [6.07, 6.45) is 0. The van der Waals surface area contributed by atoms with E-state index in [1.54, 1.807) is 11.8 Å². The Balaban J connectivity index is 2.56. The lowest BCUT2D eigenvalue weighted by atomic mass is 10.2. The second-order valence-corrected chi connectivity index (χ2v) is 6.61. The quantitative estimate of drug-likeness (QED) is 0.866. The number of carbonyl (C=O) groups is 1. The summed E-state index contributed by atoms with van der Waals surface area (Å²) in [6.45, 7) is 6.72. The third-order valence-corrected chi connectivity index (χ3v) is 3.42. The molecule has 17 heavy (non-hydrogen) atoms. The molecule has 1 aromatic carbocycles. The van der Waals surface area contributed by atoms with Crippen LogP contribution in [0.5, 0.6) is 0 Å². The van der Waals surface area contributed by atoms with Crippen molar-refractivity contribution in [3.05, 3.63) is 29.8 Å². The van der Waals surface area contributed by atoms with E-state index >= 15 is 0 Å². The van der Waals surface area contributed by atoms with E-state index in [1.165, 1.54) is 0 Å². The van der Waals surface area contributed by atoms with Gasteiger partial charge < -0.3 is 11.1 Å². The Bertz CT molecular complexity index is 385. The molecule has 0 aromatic heterocycles. The minimum Gasteiger partial charge on any atom is -0.326 e. The molecule has 0 unspecified atom stereocenters. The average molecular weight is 252 g/mol. The number of amides is 1. The van der Waals surface area contributed by atoms with Gasteiger partial charge in [-0.2, -0.15) is 0 Å². The topological polar surface area (TPSA) is 55.1 Å². The number of hydrogen-bond donors (Lipinski definition) is 2. The van der Waals surface area contributed by atoms with Gasteiger partial charge in [-0.3, -0.25) is 4.79 Å². The van der Waals surface area contributed by atoms with Gasteiger partial charge in [0.1, 0.15) is 0 Å². The van der Waals surface area contributed by atoms with E-state index in [0.717, 1.165) is 11.3 Å². The molecule has 0 spiro atoms. The Morgan fingerprint density at radius 1 is 1.35 bits per heavy atom. The van der Waals surface area contributed by atoms with Gasteiger partial charge in [-0.15, -0.1) is 11.8 Å². The van der Waals surface area contributed by atoms with Gasteiger partial charge in [0.25, 0.3) is 0 Å². The standard InChI is InChI=1S/C13H20N2OS/c1-13(2,3)17-9-12(16)15-11-7-5-4-6-10(11)8-14/h4-7H,8-9,14H2,1-3H3,(H,15,16). The number of thioether (sulfide) groups is 1. The third kappa shape index (κ3) is 5.24. The van der Waals surface area contributed by atoms with Crippen LogP contribution >= 0.6 is 11.8 Å². The summed E-state index contributed by atoms with van der Waals surface area (Å²) in [5.41, 5.74) is 7.39. The summed E-state index contributed by atoms with van der Waals surface area (Å²) in [4.78, 5) is 11.8. The highest BCUT2D eigenvalue weighted by Gasteiger charge is 2.13. The second kappa shape index (κ2) is 6.07. The molecule has 1 rings (SSSR count). The van der Waals surface area contributed by atoms with Crippen molar-refractivity contribution in [1.29, 1.82) is 0 Å². The number of nitrogens with two attached hydrogens (primary N) is 1. The highest BCUT2D eigenvalue weighted by atomic mass is 32.2. The van der Waals surface area contributed by atoms with Crippen LogP contribution in [0.2, 0.25) is 0 Å². The smallest absolute Gasteiger partial charge is 0.234 e. The fraction of sp³-hybridized carbons (Fsp3) is 0.462. The summed E-state index contributed by atoms with van der Waals surface area (Å²) in [6, 6.07) is 7.61. The number of anilines is 1. The predicted octanol–water partition coefficient (Wildman–Crippen LogP) is 2.62. The maximum absolute atomic E-state index is 11.8. The second-order valence-electron chi connectivity index (χ2n) is 4.81.